The van der Waals surface area contributed by atoms with Crippen LogP contribution in [0.5, 0.6) is 0 Å². The number of esters is 3. The van der Waals surface area contributed by atoms with Gasteiger partial charge in [0.15, 0.2) is 17.4 Å². The zero-order chi connectivity index (χ0) is 62.5. The number of methoxy groups -OCH3 is 1. The normalized spacial score (nSPS) is 44.5. The number of fused-ring (bicyclic) bond motifs is 8. The molecule has 7 aliphatic rings. The molecule has 0 amide bonds. The lowest BCUT2D eigenvalue weighted by atomic mass is 9.78. The summed E-state index contributed by atoms with van der Waals surface area (Å²) in [6.45, 7) is 23.1. The summed E-state index contributed by atoms with van der Waals surface area (Å²) in [6.07, 6.45) is -8.69. The van der Waals surface area contributed by atoms with E-state index >= 15 is 0 Å². The zero-order valence-electron chi connectivity index (χ0n) is 50.7. The molecule has 7 heterocycles. The van der Waals surface area contributed by atoms with E-state index in [4.69, 9.17) is 59.0 Å². The maximum atomic E-state index is 14.5. The Kier molecular flexibility index (Phi) is 23.5. The number of ketones is 1. The summed E-state index contributed by atoms with van der Waals surface area (Å²) in [5, 5.41) is 82.6. The molecule has 0 radical (unpaired) electrons. The number of halogens is 1. The largest absolute Gasteiger partial charge is 0.462 e. The average Bonchev–Trinajstić information content (AvgIpc) is 1.35. The Morgan fingerprint density at radius 3 is 2.15 bits per heavy atom. The van der Waals surface area contributed by atoms with Gasteiger partial charge in [0.2, 0.25) is 0 Å². The first kappa shape index (κ1) is 69.0. The average molecular weight is 1220 g/mol. The van der Waals surface area contributed by atoms with Crippen LogP contribution in [0.25, 0.3) is 0 Å². The van der Waals surface area contributed by atoms with Crippen LogP contribution in [-0.4, -0.2) is 187 Å². The fraction of sp³-hybridized carbons (Fsp3) is 0.778. The van der Waals surface area contributed by atoms with Crippen molar-refractivity contribution in [3.05, 3.63) is 60.2 Å². The van der Waals surface area contributed by atoms with Crippen molar-refractivity contribution in [2.24, 2.45) is 23.7 Å². The predicted molar refractivity (Wildman–Crippen MR) is 308 cm³/mol. The van der Waals surface area contributed by atoms with E-state index in [9.17, 15) is 54.9 Å². The summed E-state index contributed by atoms with van der Waals surface area (Å²) in [6, 6.07) is 0. The van der Waals surface area contributed by atoms with E-state index in [1.165, 1.54) is 26.0 Å². The third-order valence-corrected chi connectivity index (χ3v) is 18.4. The first-order valence-corrected chi connectivity index (χ1v) is 30.7. The van der Waals surface area contributed by atoms with Crippen LogP contribution in [-0.2, 0) is 66.5 Å². The topological polar surface area (TPSA) is 302 Å². The molecule has 22 heteroatoms. The third kappa shape index (κ3) is 18.1. The summed E-state index contributed by atoms with van der Waals surface area (Å²) in [4.78, 5) is 54.3. The zero-order valence-corrected chi connectivity index (χ0v) is 51.5. The standard InChI is InChI=1S/C63H95ClO21/c1-33(19-42(67)18-17-35(3)64)20-53-55(72)57-39(7)58(79-53)59(73)63(75)31-51(70)37(5)52(85-63)16-14-12-13-15-44-22-43(68)27-61(81-44)29-47(76-11)23-45(82-61)25-50(69)38(6)56(78-41(9)66)36(4)34(2)21-49-28-60(10,74)32-62(84-49)30-48(77-40(8)65)24-46(83-62)26-54(71)80-57/h13,15,17-18,36-39,42-49,51-53,55-59,67-68,70,72-75H,1-3,12,14,16,19-32H2,4-11H3/b15-13-,18-17+/t36-,37-,38-,39-,42-,43+,44+,45+,46-,47+,48+,49-,51+,52-,53-,55-,56+,57-,58-,59+,60+,61-,62-,63-/m1/s1. The molecule has 21 nitrogen and oxygen atoms in total. The number of Topliss-reactive ketones (excluding diaryl/α,β-unsaturated/α-hetero) is 1. The fourth-order valence-electron chi connectivity index (χ4n) is 14.1. The molecule has 0 aromatic rings. The molecule has 7 N–H and O–H groups in total. The van der Waals surface area contributed by atoms with E-state index in [1.807, 2.05) is 12.2 Å². The summed E-state index contributed by atoms with van der Waals surface area (Å²) >= 11 is 5.89. The number of hydrogen-bond donors (Lipinski definition) is 7. The van der Waals surface area contributed by atoms with E-state index in [0.717, 1.165) is 0 Å². The number of aliphatic hydroxyl groups excluding tert-OH is 5. The number of ether oxygens (including phenoxy) is 10. The number of carbonyl (C=O) groups is 4. The molecule has 0 saturated carbocycles. The van der Waals surface area contributed by atoms with Crippen LogP contribution in [0.2, 0.25) is 0 Å². The van der Waals surface area contributed by atoms with E-state index < -0.39 is 169 Å². The Balaban J connectivity index is 1.22. The van der Waals surface area contributed by atoms with Gasteiger partial charge in [0.1, 0.15) is 36.3 Å². The molecule has 7 aliphatic heterocycles. The molecule has 0 aliphatic carbocycles. The van der Waals surface area contributed by atoms with E-state index in [-0.39, 0.29) is 81.1 Å². The highest BCUT2D eigenvalue weighted by atomic mass is 35.5. The van der Waals surface area contributed by atoms with Gasteiger partial charge in [-0.25, -0.2) is 0 Å². The van der Waals surface area contributed by atoms with Gasteiger partial charge in [-0.3, -0.25) is 19.2 Å². The molecule has 6 saturated heterocycles. The molecule has 85 heavy (non-hydrogen) atoms. The number of aliphatic hydroxyl groups is 7. The van der Waals surface area contributed by atoms with Crippen LogP contribution < -0.4 is 0 Å². The lowest BCUT2D eigenvalue weighted by Gasteiger charge is -2.52. The first-order chi connectivity index (χ1) is 39.8. The molecule has 2 spiro atoms. The minimum atomic E-state index is -2.40. The number of rotatable bonds is 9. The Morgan fingerprint density at radius 1 is 0.812 bits per heavy atom. The molecular formula is C63H95ClO21. The summed E-state index contributed by atoms with van der Waals surface area (Å²) < 4.78 is 63.4. The van der Waals surface area contributed by atoms with Crippen molar-refractivity contribution >= 4 is 35.3 Å². The summed E-state index contributed by atoms with van der Waals surface area (Å²) in [7, 11) is 1.57. The van der Waals surface area contributed by atoms with Crippen molar-refractivity contribution in [1.82, 2.24) is 0 Å². The van der Waals surface area contributed by atoms with Crippen molar-refractivity contribution in [3.63, 3.8) is 0 Å². The van der Waals surface area contributed by atoms with Gasteiger partial charge in [-0.1, -0.05) is 88.4 Å². The van der Waals surface area contributed by atoms with Crippen molar-refractivity contribution in [2.45, 2.75) is 278 Å². The van der Waals surface area contributed by atoms with E-state index in [1.54, 1.807) is 41.7 Å². The van der Waals surface area contributed by atoms with Crippen LogP contribution in [0.3, 0.4) is 0 Å². The molecule has 480 valence electrons. The highest BCUT2D eigenvalue weighted by Crippen LogP contribution is 2.48. The van der Waals surface area contributed by atoms with Crippen molar-refractivity contribution in [2.75, 3.05) is 7.11 Å². The van der Waals surface area contributed by atoms with Gasteiger partial charge in [0.25, 0.3) is 0 Å². The van der Waals surface area contributed by atoms with Crippen LogP contribution in [0.4, 0.5) is 0 Å². The third-order valence-electron chi connectivity index (χ3n) is 18.3. The predicted octanol–water partition coefficient (Wildman–Crippen LogP) is 5.91. The van der Waals surface area contributed by atoms with Gasteiger partial charge in [-0.15, -0.1) is 0 Å². The van der Waals surface area contributed by atoms with E-state index in [2.05, 4.69) is 19.7 Å². The molecule has 10 bridgehead atoms. The quantitative estimate of drug-likeness (QED) is 0.0611. The maximum Gasteiger partial charge on any atom is 0.308 e. The Hall–Kier alpha value is -3.49. The number of carbonyl (C=O) groups excluding carboxylic acids is 4. The maximum absolute atomic E-state index is 14.5. The minimum Gasteiger partial charge on any atom is -0.462 e. The molecule has 6 fully saturated rings. The second kappa shape index (κ2) is 29.0. The SMILES string of the molecule is C=C(Cl)/C=C/[C@@H](O)CC(=C)C[C@H]1O[C@@H]2[C@H](C)[C@@H](OC(=O)C[C@H]3C[C@H](OC(C)=O)C[C@@]4(C[C@@](C)(O)C[C@@H](CC(=C)[C@@H](C)[C@H](OC(C)=O)[C@H](C)C(=O)C[C@@H]5C[C@H](OC)C[C@@]6(C[C@@H](O)C[C@H](/C=C\CCC[C@H]7O[C@](O)(C[C@H](O)[C@H]7C)[C@H]2O)O6)O5)O4)O3)[C@@H]1O. The molecule has 0 aromatic heterocycles. The fourth-order valence-corrected chi connectivity index (χ4v) is 14.2. The lowest BCUT2D eigenvalue weighted by molar-refractivity contribution is -0.351. The van der Waals surface area contributed by atoms with Crippen LogP contribution >= 0.6 is 11.6 Å². The second-order valence-corrected chi connectivity index (χ2v) is 26.4. The van der Waals surface area contributed by atoms with Crippen LogP contribution in [0.15, 0.2) is 60.2 Å². The van der Waals surface area contributed by atoms with Gasteiger partial charge in [-0.2, -0.15) is 0 Å². The lowest BCUT2D eigenvalue weighted by Crippen LogP contribution is -2.65. The molecule has 24 atom stereocenters. The van der Waals surface area contributed by atoms with Crippen LogP contribution in [0, 0.1) is 23.7 Å². The summed E-state index contributed by atoms with van der Waals surface area (Å²) in [5.41, 5.74) is -0.508. The minimum absolute atomic E-state index is 0.00321. The van der Waals surface area contributed by atoms with Crippen molar-refractivity contribution in [1.29, 1.82) is 0 Å². The molecule has 0 aromatic carbocycles. The number of hydrogen-bond acceptors (Lipinski definition) is 21. The highest BCUT2D eigenvalue weighted by molar-refractivity contribution is 6.30. The monoisotopic (exact) mass is 1220 g/mol. The Labute approximate surface area is 505 Å². The smallest absolute Gasteiger partial charge is 0.308 e. The molecule has 7 rings (SSSR count). The molecular weight excluding hydrogens is 1130 g/mol. The van der Waals surface area contributed by atoms with Gasteiger partial charge in [0, 0.05) is 108 Å². The van der Waals surface area contributed by atoms with Crippen molar-refractivity contribution in [3.8, 4) is 0 Å². The number of allylic oxidation sites excluding steroid dienone is 3. The Morgan fingerprint density at radius 2 is 1.47 bits per heavy atom. The van der Waals surface area contributed by atoms with Gasteiger partial charge < -0.3 is 83.1 Å². The Bertz CT molecular complexity index is 2430. The second-order valence-electron chi connectivity index (χ2n) is 25.9. The van der Waals surface area contributed by atoms with E-state index in [0.29, 0.717) is 43.3 Å². The van der Waals surface area contributed by atoms with Gasteiger partial charge in [-0.05, 0) is 51.5 Å². The summed E-state index contributed by atoms with van der Waals surface area (Å²) in [5.74, 6) is -10.7. The van der Waals surface area contributed by atoms with Gasteiger partial charge >= 0.3 is 17.9 Å². The molecule has 0 unspecified atom stereocenters. The first-order valence-electron chi connectivity index (χ1n) is 30.3. The van der Waals surface area contributed by atoms with Crippen molar-refractivity contribution < 1.29 is 102 Å². The van der Waals surface area contributed by atoms with Gasteiger partial charge in [0.05, 0.1) is 85.1 Å². The van der Waals surface area contributed by atoms with Crippen LogP contribution in [0.1, 0.15) is 158 Å². The highest BCUT2D eigenvalue weighted by Gasteiger charge is 2.58.